The molecule has 7 heteroatoms. The monoisotopic (exact) mass is 343 g/mol. The molecule has 1 aromatic carbocycles. The number of rotatable bonds is 2. The molecule has 0 aliphatic carbocycles. The van der Waals surface area contributed by atoms with E-state index in [1.807, 2.05) is 18.2 Å². The van der Waals surface area contributed by atoms with Crippen molar-refractivity contribution in [3.63, 3.8) is 0 Å². The fraction of sp³-hybridized carbons (Fsp3) is 0.211. The Kier molecular flexibility index (Phi) is 4.04. The van der Waals surface area contributed by atoms with E-state index in [1.165, 1.54) is 19.2 Å². The molecule has 3 rings (SSSR count). The van der Waals surface area contributed by atoms with Gasteiger partial charge in [-0.1, -0.05) is 0 Å². The van der Waals surface area contributed by atoms with Crippen LogP contribution in [0, 0.1) is 34.0 Å². The molecule has 0 N–H and O–H groups in total. The van der Waals surface area contributed by atoms with E-state index in [4.69, 9.17) is 5.26 Å². The van der Waals surface area contributed by atoms with E-state index in [2.05, 4.69) is 0 Å². The lowest BCUT2D eigenvalue weighted by atomic mass is 9.82. The molecular weight excluding hydrogens is 330 g/mol. The maximum atomic E-state index is 12.8. The van der Waals surface area contributed by atoms with E-state index in [0.29, 0.717) is 5.69 Å². The first-order chi connectivity index (χ1) is 12.4. The number of nitriles is 3. The molecule has 0 bridgehead atoms. The van der Waals surface area contributed by atoms with Gasteiger partial charge in [0.1, 0.15) is 12.1 Å². The molecule has 126 valence electrons. The van der Waals surface area contributed by atoms with Crippen molar-refractivity contribution in [1.82, 2.24) is 9.47 Å². The lowest BCUT2D eigenvalue weighted by molar-refractivity contribution is -0.137. The Morgan fingerprint density at radius 3 is 2.00 bits per heavy atom. The minimum Gasteiger partial charge on any atom is -0.354 e. The zero-order chi connectivity index (χ0) is 19.0. The number of nitrogens with zero attached hydrogens (tertiary/aromatic N) is 5. The SMILES string of the molecule is CN1C(=O)[C@H](c2cc(C#N)c(C#N)cc2C#N)[C@@H](c2cccn2C)C1=O. The number of carbonyl (C=O) groups excluding carboxylic acids is 2. The van der Waals surface area contributed by atoms with E-state index < -0.39 is 17.7 Å². The highest BCUT2D eigenvalue weighted by Gasteiger charge is 2.49. The van der Waals surface area contributed by atoms with Crippen LogP contribution in [0.1, 0.15) is 39.8 Å². The van der Waals surface area contributed by atoms with Gasteiger partial charge in [-0.05, 0) is 29.8 Å². The fourth-order valence-electron chi connectivity index (χ4n) is 3.37. The molecule has 2 amide bonds. The van der Waals surface area contributed by atoms with Gasteiger partial charge in [-0.15, -0.1) is 0 Å². The van der Waals surface area contributed by atoms with Gasteiger partial charge in [-0.3, -0.25) is 14.5 Å². The summed E-state index contributed by atoms with van der Waals surface area (Å²) >= 11 is 0. The zero-order valence-corrected chi connectivity index (χ0v) is 14.1. The van der Waals surface area contributed by atoms with Crippen LogP contribution in [-0.4, -0.2) is 28.3 Å². The zero-order valence-electron chi connectivity index (χ0n) is 14.1. The number of imide groups is 1. The molecule has 7 nitrogen and oxygen atoms in total. The van der Waals surface area contributed by atoms with E-state index in [0.717, 1.165) is 4.90 Å². The molecular formula is C19H13N5O2. The fourth-order valence-corrected chi connectivity index (χ4v) is 3.37. The highest BCUT2D eigenvalue weighted by Crippen LogP contribution is 2.42. The number of carbonyl (C=O) groups is 2. The summed E-state index contributed by atoms with van der Waals surface area (Å²) in [4.78, 5) is 26.6. The lowest BCUT2D eigenvalue weighted by Crippen LogP contribution is -2.26. The van der Waals surface area contributed by atoms with Gasteiger partial charge < -0.3 is 4.57 Å². The highest BCUT2D eigenvalue weighted by molar-refractivity contribution is 6.10. The molecule has 2 aromatic rings. The van der Waals surface area contributed by atoms with Crippen LogP contribution in [0.5, 0.6) is 0 Å². The molecule has 1 aromatic heterocycles. The predicted molar refractivity (Wildman–Crippen MR) is 89.3 cm³/mol. The van der Waals surface area contributed by atoms with Crippen LogP contribution in [0.25, 0.3) is 0 Å². The molecule has 0 radical (unpaired) electrons. The number of likely N-dealkylation sites (tertiary alicyclic amines) is 1. The van der Waals surface area contributed by atoms with Gasteiger partial charge in [0.2, 0.25) is 11.8 Å². The Morgan fingerprint density at radius 2 is 1.46 bits per heavy atom. The maximum absolute atomic E-state index is 12.8. The highest BCUT2D eigenvalue weighted by atomic mass is 16.2. The Hall–Kier alpha value is -3.89. The van der Waals surface area contributed by atoms with Gasteiger partial charge in [0.25, 0.3) is 0 Å². The summed E-state index contributed by atoms with van der Waals surface area (Å²) in [6.45, 7) is 0. The number of hydrogen-bond donors (Lipinski definition) is 0. The summed E-state index contributed by atoms with van der Waals surface area (Å²) in [7, 11) is 3.18. The van der Waals surface area contributed by atoms with Crippen molar-refractivity contribution in [3.05, 3.63) is 58.4 Å². The summed E-state index contributed by atoms with van der Waals surface area (Å²) < 4.78 is 1.75. The minimum absolute atomic E-state index is 0.0633. The Balaban J connectivity index is 2.27. The van der Waals surface area contributed by atoms with E-state index >= 15 is 0 Å². The molecule has 2 atom stereocenters. The van der Waals surface area contributed by atoms with Crippen LogP contribution in [0.4, 0.5) is 0 Å². The van der Waals surface area contributed by atoms with Crippen LogP contribution in [0.15, 0.2) is 30.5 Å². The van der Waals surface area contributed by atoms with Crippen LogP contribution >= 0.6 is 0 Å². The van der Waals surface area contributed by atoms with Crippen molar-refractivity contribution >= 4 is 11.8 Å². The van der Waals surface area contributed by atoms with Gasteiger partial charge >= 0.3 is 0 Å². The second-order valence-corrected chi connectivity index (χ2v) is 6.06. The molecule has 1 aliphatic heterocycles. The molecule has 1 saturated heterocycles. The third kappa shape index (κ3) is 2.33. The van der Waals surface area contributed by atoms with Crippen LogP contribution in [-0.2, 0) is 16.6 Å². The average molecular weight is 343 g/mol. The van der Waals surface area contributed by atoms with Gasteiger partial charge in [-0.25, -0.2) is 0 Å². The molecule has 0 unspecified atom stereocenters. The van der Waals surface area contributed by atoms with Crippen molar-refractivity contribution in [2.24, 2.45) is 7.05 Å². The first-order valence-corrected chi connectivity index (χ1v) is 7.75. The number of likely N-dealkylation sites (N-methyl/N-ethyl adjacent to an activating group) is 1. The Morgan fingerprint density at radius 1 is 0.885 bits per heavy atom. The largest absolute Gasteiger partial charge is 0.354 e. The van der Waals surface area contributed by atoms with Crippen molar-refractivity contribution in [3.8, 4) is 18.2 Å². The third-order valence-electron chi connectivity index (χ3n) is 4.72. The molecule has 1 aliphatic rings. The van der Waals surface area contributed by atoms with E-state index in [-0.39, 0.29) is 28.2 Å². The Bertz CT molecular complexity index is 1060. The van der Waals surface area contributed by atoms with Crippen LogP contribution in [0.3, 0.4) is 0 Å². The normalized spacial score (nSPS) is 19.1. The first kappa shape index (κ1) is 17.0. The average Bonchev–Trinajstić information content (AvgIpc) is 3.16. The smallest absolute Gasteiger partial charge is 0.239 e. The topological polar surface area (TPSA) is 114 Å². The van der Waals surface area contributed by atoms with Crippen molar-refractivity contribution in [2.45, 2.75) is 11.8 Å². The lowest BCUT2D eigenvalue weighted by Gasteiger charge is -2.18. The third-order valence-corrected chi connectivity index (χ3v) is 4.72. The van der Waals surface area contributed by atoms with Crippen LogP contribution < -0.4 is 0 Å². The molecule has 2 heterocycles. The summed E-state index contributed by atoms with van der Waals surface area (Å²) in [6.07, 6.45) is 1.77. The molecule has 0 spiro atoms. The van der Waals surface area contributed by atoms with Gasteiger partial charge in [0.15, 0.2) is 0 Å². The number of hydrogen-bond acceptors (Lipinski definition) is 5. The van der Waals surface area contributed by atoms with Crippen molar-refractivity contribution < 1.29 is 9.59 Å². The summed E-state index contributed by atoms with van der Waals surface area (Å²) in [6, 6.07) is 12.0. The van der Waals surface area contributed by atoms with Crippen LogP contribution in [0.2, 0.25) is 0 Å². The summed E-state index contributed by atoms with van der Waals surface area (Å²) in [5.74, 6) is -2.52. The minimum atomic E-state index is -0.921. The summed E-state index contributed by atoms with van der Waals surface area (Å²) in [5.41, 5.74) is 1.18. The number of amides is 2. The van der Waals surface area contributed by atoms with Gasteiger partial charge in [-0.2, -0.15) is 15.8 Å². The van der Waals surface area contributed by atoms with Crippen molar-refractivity contribution in [1.29, 1.82) is 15.8 Å². The predicted octanol–water partition coefficient (Wildman–Crippen LogP) is 1.51. The Labute approximate surface area is 149 Å². The molecule has 26 heavy (non-hydrogen) atoms. The van der Waals surface area contributed by atoms with E-state index in [9.17, 15) is 20.1 Å². The quantitative estimate of drug-likeness (QED) is 0.767. The maximum Gasteiger partial charge on any atom is 0.239 e. The number of aryl methyl sites for hydroxylation is 1. The summed E-state index contributed by atoms with van der Waals surface area (Å²) in [5, 5.41) is 27.9. The molecule has 1 fully saturated rings. The molecule has 0 saturated carbocycles. The van der Waals surface area contributed by atoms with E-state index in [1.54, 1.807) is 29.9 Å². The van der Waals surface area contributed by atoms with Crippen molar-refractivity contribution in [2.75, 3.05) is 7.05 Å². The number of benzene rings is 1. The first-order valence-electron chi connectivity index (χ1n) is 7.75. The van der Waals surface area contributed by atoms with Gasteiger partial charge in [0, 0.05) is 26.0 Å². The second-order valence-electron chi connectivity index (χ2n) is 6.06. The van der Waals surface area contributed by atoms with Gasteiger partial charge in [0.05, 0.1) is 34.6 Å². The standard InChI is InChI=1S/C19H13N5O2/c1-23-5-3-4-15(23)17-16(18(25)24(2)19(17)26)14-7-12(9-21)11(8-20)6-13(14)10-22/h3-7,16-17H,1-2H3/t16-,17-/m1/s1. The number of aromatic nitrogens is 1. The second kappa shape index (κ2) is 6.20.